The largest absolute Gasteiger partial charge is 0.366 e. The first-order valence-electron chi connectivity index (χ1n) is 4.80. The highest BCUT2D eigenvalue weighted by atomic mass is 79.9. The number of alkyl halides is 2. The van der Waals surface area contributed by atoms with Crippen LogP contribution in [0.5, 0.6) is 0 Å². The minimum Gasteiger partial charge on any atom is -0.366 e. The molecular weight excluding hydrogens is 316 g/mol. The second-order valence-electron chi connectivity index (χ2n) is 2.53. The second-order valence-corrected chi connectivity index (χ2v) is 4.49. The molecule has 0 aromatic rings. The van der Waals surface area contributed by atoms with E-state index < -0.39 is 0 Å². The first-order chi connectivity index (χ1) is 6.67. The molecule has 0 aromatic heterocycles. The van der Waals surface area contributed by atoms with Crippen LogP contribution >= 0.6 is 31.9 Å². The monoisotopic (exact) mass is 332 g/mol. The number of rotatable bonds is 8. The summed E-state index contributed by atoms with van der Waals surface area (Å²) in [5, 5.41) is -0.101. The summed E-state index contributed by atoms with van der Waals surface area (Å²) in [7, 11) is 0. The highest BCUT2D eigenvalue weighted by molar-refractivity contribution is 9.12. The van der Waals surface area contributed by atoms with Crippen molar-refractivity contribution >= 4 is 31.9 Å². The second kappa shape index (κ2) is 9.09. The van der Waals surface area contributed by atoms with Crippen LogP contribution in [-0.4, -0.2) is 36.0 Å². The zero-order valence-electron chi connectivity index (χ0n) is 8.83. The summed E-state index contributed by atoms with van der Waals surface area (Å²) in [6, 6.07) is 0. The van der Waals surface area contributed by atoms with Crippen molar-refractivity contribution in [3.8, 4) is 0 Å². The van der Waals surface area contributed by atoms with Gasteiger partial charge in [-0.3, -0.25) is 0 Å². The fourth-order valence-electron chi connectivity index (χ4n) is 0.935. The van der Waals surface area contributed by atoms with Crippen LogP contribution in [0.4, 0.5) is 0 Å². The van der Waals surface area contributed by atoms with Gasteiger partial charge in [-0.1, -0.05) is 31.9 Å². The van der Waals surface area contributed by atoms with Crippen LogP contribution in [0.2, 0.25) is 0 Å². The van der Waals surface area contributed by atoms with Gasteiger partial charge in [0, 0.05) is 19.8 Å². The molecule has 0 saturated carbocycles. The van der Waals surface area contributed by atoms with Gasteiger partial charge in [0.1, 0.15) is 9.84 Å². The standard InChI is InChI=1S/C9H18Br2O3/c1-4-12-8(11)7(10)9(13-5-2)14-6-3/h7-9H,4-6H2,1-3H3. The molecule has 0 aliphatic carbocycles. The van der Waals surface area contributed by atoms with Crippen molar-refractivity contribution in [3.63, 3.8) is 0 Å². The van der Waals surface area contributed by atoms with Gasteiger partial charge in [0.05, 0.1) is 0 Å². The number of hydrogen-bond acceptors (Lipinski definition) is 3. The Kier molecular flexibility index (Phi) is 9.64. The van der Waals surface area contributed by atoms with Crippen molar-refractivity contribution in [3.05, 3.63) is 0 Å². The van der Waals surface area contributed by atoms with E-state index in [1.54, 1.807) is 0 Å². The lowest BCUT2D eigenvalue weighted by Gasteiger charge is -2.25. The first kappa shape index (κ1) is 14.8. The van der Waals surface area contributed by atoms with Crippen molar-refractivity contribution < 1.29 is 14.2 Å². The molecule has 3 nitrogen and oxygen atoms in total. The predicted octanol–water partition coefficient (Wildman–Crippen LogP) is 2.91. The molecule has 86 valence electrons. The van der Waals surface area contributed by atoms with Crippen LogP contribution in [0.1, 0.15) is 20.8 Å². The molecule has 0 aliphatic rings. The van der Waals surface area contributed by atoms with Crippen LogP contribution in [-0.2, 0) is 14.2 Å². The molecule has 0 fully saturated rings. The molecule has 0 aliphatic heterocycles. The summed E-state index contributed by atoms with van der Waals surface area (Å²) >= 11 is 6.91. The Bertz CT molecular complexity index is 129. The Morgan fingerprint density at radius 2 is 1.29 bits per heavy atom. The van der Waals surface area contributed by atoms with Gasteiger partial charge in [-0.2, -0.15) is 0 Å². The van der Waals surface area contributed by atoms with Crippen LogP contribution in [0.25, 0.3) is 0 Å². The molecule has 0 rings (SSSR count). The molecule has 0 heterocycles. The molecule has 0 aromatic carbocycles. The minimum absolute atomic E-state index is 0.0117. The summed E-state index contributed by atoms with van der Waals surface area (Å²) < 4.78 is 16.3. The Balaban J connectivity index is 4.03. The molecule has 0 N–H and O–H groups in total. The third kappa shape index (κ3) is 5.66. The highest BCUT2D eigenvalue weighted by Crippen LogP contribution is 2.22. The molecule has 2 unspecified atom stereocenters. The van der Waals surface area contributed by atoms with Crippen LogP contribution < -0.4 is 0 Å². The fraction of sp³-hybridized carbons (Fsp3) is 1.00. The molecule has 0 bridgehead atoms. The van der Waals surface area contributed by atoms with Gasteiger partial charge in [0.15, 0.2) is 6.29 Å². The number of hydrogen-bond donors (Lipinski definition) is 0. The van der Waals surface area contributed by atoms with E-state index in [2.05, 4.69) is 31.9 Å². The van der Waals surface area contributed by atoms with Gasteiger partial charge in [-0.25, -0.2) is 0 Å². The molecule has 0 saturated heterocycles. The molecule has 0 amide bonds. The molecular formula is C9H18Br2O3. The molecule has 0 radical (unpaired) electrons. The van der Waals surface area contributed by atoms with Crippen LogP contribution in [0, 0.1) is 0 Å². The maximum Gasteiger partial charge on any atom is 0.173 e. The molecule has 14 heavy (non-hydrogen) atoms. The fourth-order valence-corrected chi connectivity index (χ4v) is 1.91. The summed E-state index contributed by atoms with van der Waals surface area (Å²) in [5.41, 5.74) is 0. The topological polar surface area (TPSA) is 27.7 Å². The Morgan fingerprint density at radius 1 is 0.857 bits per heavy atom. The Morgan fingerprint density at radius 3 is 1.64 bits per heavy atom. The van der Waals surface area contributed by atoms with Crippen molar-refractivity contribution in [2.75, 3.05) is 19.8 Å². The smallest absolute Gasteiger partial charge is 0.173 e. The maximum absolute atomic E-state index is 5.43. The zero-order valence-corrected chi connectivity index (χ0v) is 12.0. The van der Waals surface area contributed by atoms with E-state index in [4.69, 9.17) is 14.2 Å². The molecule has 5 heteroatoms. The lowest BCUT2D eigenvalue weighted by molar-refractivity contribution is -0.143. The average Bonchev–Trinajstić information content (AvgIpc) is 2.17. The van der Waals surface area contributed by atoms with Gasteiger partial charge in [0.2, 0.25) is 0 Å². The quantitative estimate of drug-likeness (QED) is 0.505. The van der Waals surface area contributed by atoms with Gasteiger partial charge >= 0.3 is 0 Å². The molecule has 2 atom stereocenters. The first-order valence-corrected chi connectivity index (χ1v) is 6.63. The zero-order chi connectivity index (χ0) is 11.0. The number of ether oxygens (including phenoxy) is 3. The Labute approximate surface area is 103 Å². The average molecular weight is 334 g/mol. The summed E-state index contributed by atoms with van der Waals surface area (Å²) in [5.74, 6) is 0. The normalized spacial score (nSPS) is 15.9. The molecule has 0 spiro atoms. The van der Waals surface area contributed by atoms with E-state index in [9.17, 15) is 0 Å². The lowest BCUT2D eigenvalue weighted by Crippen LogP contribution is -2.35. The van der Waals surface area contributed by atoms with Gasteiger partial charge in [-0.05, 0) is 20.8 Å². The summed E-state index contributed by atoms with van der Waals surface area (Å²) in [6.07, 6.45) is -0.277. The predicted molar refractivity (Wildman–Crippen MR) is 64.1 cm³/mol. The maximum atomic E-state index is 5.43. The van der Waals surface area contributed by atoms with Crippen LogP contribution in [0.15, 0.2) is 0 Å². The Hall–Kier alpha value is 0.840. The third-order valence-electron chi connectivity index (χ3n) is 1.50. The van der Waals surface area contributed by atoms with Crippen molar-refractivity contribution in [2.24, 2.45) is 0 Å². The SMILES string of the molecule is CCOC(Br)C(Br)C(OCC)OCC. The van der Waals surface area contributed by atoms with Crippen LogP contribution in [0.3, 0.4) is 0 Å². The van der Waals surface area contributed by atoms with Crippen molar-refractivity contribution in [1.29, 1.82) is 0 Å². The summed E-state index contributed by atoms with van der Waals surface area (Å²) in [6.45, 7) is 7.73. The third-order valence-corrected chi connectivity index (χ3v) is 3.95. The van der Waals surface area contributed by atoms with Gasteiger partial charge in [0.25, 0.3) is 0 Å². The summed E-state index contributed by atoms with van der Waals surface area (Å²) in [4.78, 5) is -0.0117. The lowest BCUT2D eigenvalue weighted by atomic mass is 10.4. The van der Waals surface area contributed by atoms with Crippen molar-refractivity contribution in [2.45, 2.75) is 36.9 Å². The van der Waals surface area contributed by atoms with Gasteiger partial charge < -0.3 is 14.2 Å². The van der Waals surface area contributed by atoms with E-state index in [-0.39, 0.29) is 16.1 Å². The van der Waals surface area contributed by atoms with E-state index in [0.29, 0.717) is 19.8 Å². The van der Waals surface area contributed by atoms with E-state index >= 15 is 0 Å². The van der Waals surface area contributed by atoms with Crippen molar-refractivity contribution in [1.82, 2.24) is 0 Å². The van der Waals surface area contributed by atoms with E-state index in [1.165, 1.54) is 0 Å². The van der Waals surface area contributed by atoms with Gasteiger partial charge in [-0.15, -0.1) is 0 Å². The minimum atomic E-state index is -0.277. The van der Waals surface area contributed by atoms with E-state index in [0.717, 1.165) is 0 Å². The highest BCUT2D eigenvalue weighted by Gasteiger charge is 2.26. The number of halogens is 2. The van der Waals surface area contributed by atoms with E-state index in [1.807, 2.05) is 20.8 Å².